The van der Waals surface area contributed by atoms with Crippen LogP contribution in [0.1, 0.15) is 0 Å². The van der Waals surface area contributed by atoms with Crippen LogP contribution in [0.15, 0.2) is 27.6 Å². The van der Waals surface area contributed by atoms with Crippen molar-refractivity contribution in [3.63, 3.8) is 0 Å². The van der Waals surface area contributed by atoms with Crippen LogP contribution in [0.4, 0.5) is 5.69 Å². The van der Waals surface area contributed by atoms with Gasteiger partial charge in [-0.2, -0.15) is 0 Å². The van der Waals surface area contributed by atoms with Crippen LogP contribution in [-0.2, 0) is 15.6 Å². The molecule has 1 rings (SSSR count). The van der Waals surface area contributed by atoms with E-state index >= 15 is 0 Å². The van der Waals surface area contributed by atoms with Gasteiger partial charge in [0.1, 0.15) is 5.75 Å². The predicted molar refractivity (Wildman–Crippen MR) is 68.5 cm³/mol. The van der Waals surface area contributed by atoms with E-state index < -0.39 is 10.8 Å². The zero-order valence-corrected chi connectivity index (χ0v) is 11.5. The van der Waals surface area contributed by atoms with E-state index in [2.05, 4.69) is 15.9 Å². The minimum absolute atomic E-state index is 0.0480. The van der Waals surface area contributed by atoms with Gasteiger partial charge in [-0.1, -0.05) is 15.9 Å². The molecule has 0 spiro atoms. The SMILES string of the molecule is CN(C)C(=O)CS(=O)c1cc(Br)ccc1N. The largest absolute Gasteiger partial charge is 0.398 e. The molecule has 0 aromatic heterocycles. The summed E-state index contributed by atoms with van der Waals surface area (Å²) in [5.41, 5.74) is 6.14. The number of carbonyl (C=O) groups is 1. The Morgan fingerprint density at radius 3 is 2.69 bits per heavy atom. The van der Waals surface area contributed by atoms with Crippen LogP contribution in [-0.4, -0.2) is 34.9 Å². The molecule has 6 heteroatoms. The van der Waals surface area contributed by atoms with Crippen LogP contribution in [0.25, 0.3) is 0 Å². The second kappa shape index (κ2) is 5.45. The Morgan fingerprint density at radius 2 is 2.12 bits per heavy atom. The number of rotatable bonds is 3. The van der Waals surface area contributed by atoms with Gasteiger partial charge in [-0.15, -0.1) is 0 Å². The summed E-state index contributed by atoms with van der Waals surface area (Å²) >= 11 is 3.27. The van der Waals surface area contributed by atoms with E-state index in [-0.39, 0.29) is 11.7 Å². The maximum absolute atomic E-state index is 11.9. The van der Waals surface area contributed by atoms with Crippen molar-refractivity contribution in [2.45, 2.75) is 4.90 Å². The van der Waals surface area contributed by atoms with Crippen molar-refractivity contribution in [2.24, 2.45) is 0 Å². The third kappa shape index (κ3) is 3.31. The first kappa shape index (κ1) is 13.2. The van der Waals surface area contributed by atoms with Gasteiger partial charge in [0.15, 0.2) is 0 Å². The summed E-state index contributed by atoms with van der Waals surface area (Å²) < 4.78 is 12.7. The molecule has 1 aromatic carbocycles. The second-order valence-electron chi connectivity index (χ2n) is 3.46. The number of nitrogen functional groups attached to an aromatic ring is 1. The van der Waals surface area contributed by atoms with Crippen LogP contribution < -0.4 is 5.73 Å². The van der Waals surface area contributed by atoms with E-state index in [1.165, 1.54) is 4.90 Å². The van der Waals surface area contributed by atoms with Crippen molar-refractivity contribution in [3.8, 4) is 0 Å². The van der Waals surface area contributed by atoms with Gasteiger partial charge in [0.25, 0.3) is 0 Å². The Kier molecular flexibility index (Phi) is 4.49. The monoisotopic (exact) mass is 304 g/mol. The van der Waals surface area contributed by atoms with Crippen LogP contribution in [0, 0.1) is 0 Å². The van der Waals surface area contributed by atoms with Crippen LogP contribution >= 0.6 is 15.9 Å². The number of anilines is 1. The molecule has 4 nitrogen and oxygen atoms in total. The average molecular weight is 305 g/mol. The fourth-order valence-electron chi connectivity index (χ4n) is 1.02. The van der Waals surface area contributed by atoms with Crippen molar-refractivity contribution in [1.29, 1.82) is 0 Å². The Hall–Kier alpha value is -0.880. The van der Waals surface area contributed by atoms with Gasteiger partial charge in [-0.25, -0.2) is 0 Å². The highest BCUT2D eigenvalue weighted by Gasteiger charge is 2.14. The first-order valence-corrected chi connectivity index (χ1v) is 6.66. The zero-order valence-electron chi connectivity index (χ0n) is 9.07. The molecule has 0 aliphatic carbocycles. The lowest BCUT2D eigenvalue weighted by Crippen LogP contribution is -2.27. The second-order valence-corrected chi connectivity index (χ2v) is 5.80. The summed E-state index contributed by atoms with van der Waals surface area (Å²) in [7, 11) is 1.86. The normalized spacial score (nSPS) is 12.2. The van der Waals surface area contributed by atoms with Gasteiger partial charge in [-0.3, -0.25) is 9.00 Å². The highest BCUT2D eigenvalue weighted by Crippen LogP contribution is 2.21. The molecule has 1 unspecified atom stereocenters. The van der Waals surface area contributed by atoms with Crippen molar-refractivity contribution in [1.82, 2.24) is 4.90 Å². The van der Waals surface area contributed by atoms with Crippen molar-refractivity contribution < 1.29 is 9.00 Å². The minimum atomic E-state index is -1.40. The summed E-state index contributed by atoms with van der Waals surface area (Å²) in [5, 5.41) is 0. The fraction of sp³-hybridized carbons (Fsp3) is 0.300. The lowest BCUT2D eigenvalue weighted by molar-refractivity contribution is -0.125. The lowest BCUT2D eigenvalue weighted by Gasteiger charge is -2.10. The number of halogens is 1. The minimum Gasteiger partial charge on any atom is -0.398 e. The van der Waals surface area contributed by atoms with Crippen molar-refractivity contribution >= 4 is 38.3 Å². The molecule has 16 heavy (non-hydrogen) atoms. The van der Waals surface area contributed by atoms with Crippen LogP contribution in [0.2, 0.25) is 0 Å². The molecule has 0 radical (unpaired) electrons. The number of benzene rings is 1. The first-order valence-electron chi connectivity index (χ1n) is 4.55. The van der Waals surface area contributed by atoms with Crippen molar-refractivity contribution in [2.75, 3.05) is 25.6 Å². The van der Waals surface area contributed by atoms with E-state index in [1.807, 2.05) is 0 Å². The molecule has 2 N–H and O–H groups in total. The van der Waals surface area contributed by atoms with Crippen molar-refractivity contribution in [3.05, 3.63) is 22.7 Å². The number of hydrogen-bond acceptors (Lipinski definition) is 3. The molecule has 0 heterocycles. The van der Waals surface area contributed by atoms with E-state index in [0.717, 1.165) is 4.47 Å². The van der Waals surface area contributed by atoms with Gasteiger partial charge in [-0.05, 0) is 18.2 Å². The average Bonchev–Trinajstić information content (AvgIpc) is 2.21. The standard InChI is InChI=1S/C10H13BrN2O2S/c1-13(2)10(14)6-16(15)9-5-7(11)3-4-8(9)12/h3-5H,6,12H2,1-2H3. The Morgan fingerprint density at radius 1 is 1.50 bits per heavy atom. The summed E-state index contributed by atoms with van der Waals surface area (Å²) in [6.07, 6.45) is 0. The van der Waals surface area contributed by atoms with Gasteiger partial charge in [0, 0.05) is 24.3 Å². The topological polar surface area (TPSA) is 63.4 Å². The first-order chi connectivity index (χ1) is 7.41. The maximum atomic E-state index is 11.9. The Labute approximate surface area is 105 Å². The number of amides is 1. The van der Waals surface area contributed by atoms with E-state index in [1.54, 1.807) is 32.3 Å². The smallest absolute Gasteiger partial charge is 0.235 e. The maximum Gasteiger partial charge on any atom is 0.235 e. The zero-order chi connectivity index (χ0) is 12.3. The van der Waals surface area contributed by atoms with Gasteiger partial charge >= 0.3 is 0 Å². The van der Waals surface area contributed by atoms with Gasteiger partial charge in [0.05, 0.1) is 15.7 Å². The summed E-state index contributed by atoms with van der Waals surface area (Å²) in [5.74, 6) is -0.231. The molecule has 1 amide bonds. The molecule has 0 saturated carbocycles. The number of hydrogen-bond donors (Lipinski definition) is 1. The summed E-state index contributed by atoms with van der Waals surface area (Å²) in [6, 6.07) is 5.11. The van der Waals surface area contributed by atoms with E-state index in [0.29, 0.717) is 10.6 Å². The Bertz CT molecular complexity index is 435. The Balaban J connectivity index is 2.88. The lowest BCUT2D eigenvalue weighted by atomic mass is 10.3. The number of carbonyl (C=O) groups excluding carboxylic acids is 1. The number of nitrogens with zero attached hydrogens (tertiary/aromatic N) is 1. The molecule has 1 aromatic rings. The van der Waals surface area contributed by atoms with Crippen LogP contribution in [0.5, 0.6) is 0 Å². The van der Waals surface area contributed by atoms with Crippen LogP contribution in [0.3, 0.4) is 0 Å². The predicted octanol–water partition coefficient (Wildman–Crippen LogP) is 1.23. The number of nitrogens with two attached hydrogens (primary N) is 1. The highest BCUT2D eigenvalue weighted by atomic mass is 79.9. The molecule has 0 bridgehead atoms. The van der Waals surface area contributed by atoms with E-state index in [4.69, 9.17) is 5.73 Å². The molecule has 0 fully saturated rings. The third-order valence-electron chi connectivity index (χ3n) is 1.97. The molecule has 0 aliphatic rings. The summed E-state index contributed by atoms with van der Waals surface area (Å²) in [6.45, 7) is 0. The molecule has 0 saturated heterocycles. The highest BCUT2D eigenvalue weighted by molar-refractivity contribution is 9.10. The molecular weight excluding hydrogens is 292 g/mol. The van der Waals surface area contributed by atoms with Gasteiger partial charge < -0.3 is 10.6 Å². The summed E-state index contributed by atoms with van der Waals surface area (Å²) in [4.78, 5) is 13.3. The molecule has 88 valence electrons. The van der Waals surface area contributed by atoms with E-state index in [9.17, 15) is 9.00 Å². The molecule has 1 atom stereocenters. The molecule has 0 aliphatic heterocycles. The fourth-order valence-corrected chi connectivity index (χ4v) is 2.76. The van der Waals surface area contributed by atoms with Gasteiger partial charge in [0.2, 0.25) is 5.91 Å². The molecular formula is C10H13BrN2O2S. The third-order valence-corrected chi connectivity index (χ3v) is 3.82. The quantitative estimate of drug-likeness (QED) is 0.854.